The molecular formula is C21H23N3O4. The number of amides is 1. The lowest BCUT2D eigenvalue weighted by Gasteiger charge is -2.34. The first-order valence-corrected chi connectivity index (χ1v) is 9.03. The van der Waals surface area contributed by atoms with Crippen LogP contribution in [0.15, 0.2) is 42.5 Å². The van der Waals surface area contributed by atoms with Crippen molar-refractivity contribution in [2.75, 3.05) is 51.9 Å². The number of piperazine rings is 1. The number of hydrogen-bond donors (Lipinski definition) is 0. The molecule has 0 atom stereocenters. The number of carbonyl (C=O) groups excluding carboxylic acids is 1. The second-order valence-corrected chi connectivity index (χ2v) is 6.29. The molecule has 0 spiro atoms. The van der Waals surface area contributed by atoms with Crippen LogP contribution in [-0.4, -0.2) is 57.8 Å². The first kappa shape index (κ1) is 19.5. The highest BCUT2D eigenvalue weighted by Gasteiger charge is 2.26. The summed E-state index contributed by atoms with van der Waals surface area (Å²) in [7, 11) is 3.16. The number of anilines is 1. The zero-order chi connectivity index (χ0) is 19.9. The van der Waals surface area contributed by atoms with Crippen molar-refractivity contribution in [1.29, 1.82) is 5.26 Å². The average Bonchev–Trinajstić information content (AvgIpc) is 2.74. The van der Waals surface area contributed by atoms with Gasteiger partial charge < -0.3 is 19.1 Å². The number of nitriles is 1. The van der Waals surface area contributed by atoms with Crippen molar-refractivity contribution in [2.24, 2.45) is 0 Å². The molecule has 0 bridgehead atoms. The lowest BCUT2D eigenvalue weighted by molar-refractivity contribution is -0.121. The molecule has 0 N–H and O–H groups in total. The van der Waals surface area contributed by atoms with Gasteiger partial charge in [0.05, 0.1) is 32.0 Å². The van der Waals surface area contributed by atoms with Crippen molar-refractivity contribution in [3.05, 3.63) is 48.0 Å². The Kier molecular flexibility index (Phi) is 6.35. The highest BCUT2D eigenvalue weighted by molar-refractivity contribution is 5.96. The van der Waals surface area contributed by atoms with Crippen molar-refractivity contribution in [1.82, 2.24) is 4.90 Å². The van der Waals surface area contributed by atoms with E-state index in [1.165, 1.54) is 0 Å². The fourth-order valence-electron chi connectivity index (χ4n) is 3.21. The molecule has 2 aromatic rings. The van der Waals surface area contributed by atoms with Gasteiger partial charge in [-0.3, -0.25) is 9.69 Å². The number of ether oxygens (including phenoxy) is 3. The van der Waals surface area contributed by atoms with Gasteiger partial charge in [0.1, 0.15) is 12.7 Å². The number of rotatable bonds is 7. The van der Waals surface area contributed by atoms with Gasteiger partial charge in [0, 0.05) is 19.6 Å². The molecule has 0 aliphatic carbocycles. The van der Waals surface area contributed by atoms with Crippen LogP contribution in [0, 0.1) is 11.3 Å². The third-order valence-electron chi connectivity index (χ3n) is 4.65. The second-order valence-electron chi connectivity index (χ2n) is 6.29. The van der Waals surface area contributed by atoms with Crippen LogP contribution in [0.25, 0.3) is 0 Å². The van der Waals surface area contributed by atoms with E-state index in [4.69, 9.17) is 14.2 Å². The Morgan fingerprint density at radius 1 is 1.04 bits per heavy atom. The van der Waals surface area contributed by atoms with Gasteiger partial charge in [-0.15, -0.1) is 0 Å². The van der Waals surface area contributed by atoms with Gasteiger partial charge in [-0.1, -0.05) is 18.2 Å². The molecule has 146 valence electrons. The monoisotopic (exact) mass is 381 g/mol. The van der Waals surface area contributed by atoms with Gasteiger partial charge in [0.25, 0.3) is 0 Å². The van der Waals surface area contributed by atoms with E-state index in [-0.39, 0.29) is 12.5 Å². The third kappa shape index (κ3) is 4.18. The molecule has 7 heteroatoms. The standard InChI is InChI=1S/C21H23N3O4/c1-26-18-8-5-9-19(27-2)21(18)28-13-12-23-10-11-24(20(25)15-23)17-7-4-3-6-16(17)14-22/h3-9H,10-13,15H2,1-2H3. The Balaban J connectivity index is 1.58. The number of hydrogen-bond acceptors (Lipinski definition) is 6. The highest BCUT2D eigenvalue weighted by atomic mass is 16.5. The maximum atomic E-state index is 12.6. The molecule has 2 aromatic carbocycles. The second kappa shape index (κ2) is 9.11. The lowest BCUT2D eigenvalue weighted by atomic mass is 10.1. The topological polar surface area (TPSA) is 75.0 Å². The third-order valence-corrected chi connectivity index (χ3v) is 4.65. The summed E-state index contributed by atoms with van der Waals surface area (Å²) in [6.07, 6.45) is 0. The number of methoxy groups -OCH3 is 2. The van der Waals surface area contributed by atoms with Crippen LogP contribution in [0.5, 0.6) is 17.2 Å². The highest BCUT2D eigenvalue weighted by Crippen LogP contribution is 2.36. The normalized spacial score (nSPS) is 14.5. The van der Waals surface area contributed by atoms with Crippen molar-refractivity contribution in [3.8, 4) is 23.3 Å². The van der Waals surface area contributed by atoms with E-state index in [1.54, 1.807) is 31.3 Å². The van der Waals surface area contributed by atoms with E-state index in [1.807, 2.05) is 35.2 Å². The van der Waals surface area contributed by atoms with Gasteiger partial charge in [-0.25, -0.2) is 0 Å². The molecule has 0 saturated carbocycles. The van der Waals surface area contributed by atoms with Crippen LogP contribution < -0.4 is 19.1 Å². The predicted molar refractivity (Wildman–Crippen MR) is 105 cm³/mol. The van der Waals surface area contributed by atoms with Gasteiger partial charge >= 0.3 is 0 Å². The first-order chi connectivity index (χ1) is 13.7. The van der Waals surface area contributed by atoms with Crippen molar-refractivity contribution < 1.29 is 19.0 Å². The Morgan fingerprint density at radius 3 is 2.39 bits per heavy atom. The molecule has 0 radical (unpaired) electrons. The predicted octanol–water partition coefficient (Wildman–Crippen LogP) is 2.30. The Labute approximate surface area is 164 Å². The van der Waals surface area contributed by atoms with Crippen LogP contribution in [0.3, 0.4) is 0 Å². The molecule has 1 aliphatic heterocycles. The molecular weight excluding hydrogens is 358 g/mol. The van der Waals surface area contributed by atoms with Crippen LogP contribution in [-0.2, 0) is 4.79 Å². The molecule has 1 aliphatic rings. The smallest absolute Gasteiger partial charge is 0.241 e. The zero-order valence-corrected chi connectivity index (χ0v) is 16.1. The molecule has 1 saturated heterocycles. The van der Waals surface area contributed by atoms with Gasteiger partial charge in [0.15, 0.2) is 11.5 Å². The molecule has 0 aromatic heterocycles. The minimum atomic E-state index is -0.0242. The van der Waals surface area contributed by atoms with E-state index in [9.17, 15) is 10.1 Å². The van der Waals surface area contributed by atoms with Crippen LogP contribution in [0.2, 0.25) is 0 Å². The van der Waals surface area contributed by atoms with Crippen molar-refractivity contribution in [2.45, 2.75) is 0 Å². The van der Waals surface area contributed by atoms with Crippen LogP contribution in [0.1, 0.15) is 5.56 Å². The summed E-state index contributed by atoms with van der Waals surface area (Å²) < 4.78 is 16.5. The number of nitrogens with zero attached hydrogens (tertiary/aromatic N) is 3. The lowest BCUT2D eigenvalue weighted by Crippen LogP contribution is -2.51. The minimum Gasteiger partial charge on any atom is -0.493 e. The SMILES string of the molecule is COc1cccc(OC)c1OCCN1CCN(c2ccccc2C#N)C(=O)C1. The molecule has 1 fully saturated rings. The summed E-state index contributed by atoms with van der Waals surface area (Å²) in [5.74, 6) is 1.74. The molecule has 3 rings (SSSR count). The largest absolute Gasteiger partial charge is 0.493 e. The Hall–Kier alpha value is -3.24. The summed E-state index contributed by atoms with van der Waals surface area (Å²) in [5.41, 5.74) is 1.18. The first-order valence-electron chi connectivity index (χ1n) is 9.03. The summed E-state index contributed by atoms with van der Waals surface area (Å²) in [4.78, 5) is 16.3. The molecule has 0 unspecified atom stereocenters. The molecule has 1 amide bonds. The van der Waals surface area contributed by atoms with Crippen molar-refractivity contribution >= 4 is 11.6 Å². The summed E-state index contributed by atoms with van der Waals surface area (Å²) >= 11 is 0. The molecule has 7 nitrogen and oxygen atoms in total. The number of carbonyl (C=O) groups is 1. The van der Waals surface area contributed by atoms with Crippen LogP contribution in [0.4, 0.5) is 5.69 Å². The number of para-hydroxylation sites is 2. The van der Waals surface area contributed by atoms with E-state index < -0.39 is 0 Å². The summed E-state index contributed by atoms with van der Waals surface area (Å²) in [6.45, 7) is 2.53. The molecule has 1 heterocycles. The van der Waals surface area contributed by atoms with Crippen LogP contribution >= 0.6 is 0 Å². The summed E-state index contributed by atoms with van der Waals surface area (Å²) in [5, 5.41) is 9.26. The zero-order valence-electron chi connectivity index (χ0n) is 16.1. The Morgan fingerprint density at radius 2 is 1.75 bits per heavy atom. The van der Waals surface area contributed by atoms with Gasteiger partial charge in [-0.2, -0.15) is 5.26 Å². The van der Waals surface area contributed by atoms with Gasteiger partial charge in [-0.05, 0) is 24.3 Å². The quantitative estimate of drug-likeness (QED) is 0.733. The fourth-order valence-corrected chi connectivity index (χ4v) is 3.21. The maximum absolute atomic E-state index is 12.6. The van der Waals surface area contributed by atoms with E-state index in [0.717, 1.165) is 0 Å². The van der Waals surface area contributed by atoms with E-state index in [0.29, 0.717) is 54.7 Å². The average molecular weight is 381 g/mol. The van der Waals surface area contributed by atoms with Gasteiger partial charge in [0.2, 0.25) is 11.7 Å². The summed E-state index contributed by atoms with van der Waals surface area (Å²) in [6, 6.07) is 14.8. The number of benzene rings is 2. The van der Waals surface area contributed by atoms with Crippen molar-refractivity contribution in [3.63, 3.8) is 0 Å². The maximum Gasteiger partial charge on any atom is 0.241 e. The molecule has 28 heavy (non-hydrogen) atoms. The minimum absolute atomic E-state index is 0.0242. The Bertz CT molecular complexity index is 856. The fraction of sp³-hybridized carbons (Fsp3) is 0.333. The van der Waals surface area contributed by atoms with E-state index >= 15 is 0 Å². The van der Waals surface area contributed by atoms with E-state index in [2.05, 4.69) is 6.07 Å².